The van der Waals surface area contributed by atoms with E-state index in [1.165, 1.54) is 12.1 Å². The molecule has 1 saturated heterocycles. The Bertz CT molecular complexity index is 883. The highest BCUT2D eigenvalue weighted by atomic mass is 79.9. The number of nitrogens with zero attached hydrogens (tertiary/aromatic N) is 1. The normalized spacial score (nSPS) is 15.8. The van der Waals surface area contributed by atoms with Gasteiger partial charge in [0, 0.05) is 10.0 Å². The summed E-state index contributed by atoms with van der Waals surface area (Å²) in [6, 6.07) is 11.2. The average Bonchev–Trinajstić information content (AvgIpc) is 2.87. The lowest BCUT2D eigenvalue weighted by Gasteiger charge is -2.12. The number of imide groups is 1. The third-order valence-electron chi connectivity index (χ3n) is 3.69. The SMILES string of the molecule is CCOc1ccc(Br)cc1/C=C1\SC(=O)N(Cc2ccc(F)cc2)C1=O. The van der Waals surface area contributed by atoms with E-state index in [4.69, 9.17) is 4.74 Å². The lowest BCUT2D eigenvalue weighted by atomic mass is 10.1. The van der Waals surface area contributed by atoms with Crippen molar-refractivity contribution in [3.8, 4) is 5.75 Å². The highest BCUT2D eigenvalue weighted by Crippen LogP contribution is 2.35. The minimum atomic E-state index is -0.369. The van der Waals surface area contributed by atoms with E-state index in [-0.39, 0.29) is 23.5 Å². The number of benzene rings is 2. The number of thioether (sulfide) groups is 1. The molecule has 1 heterocycles. The van der Waals surface area contributed by atoms with Crippen LogP contribution in [0.2, 0.25) is 0 Å². The summed E-state index contributed by atoms with van der Waals surface area (Å²) >= 11 is 4.29. The van der Waals surface area contributed by atoms with Crippen LogP contribution in [-0.2, 0) is 11.3 Å². The van der Waals surface area contributed by atoms with E-state index in [1.807, 2.05) is 25.1 Å². The van der Waals surface area contributed by atoms with E-state index in [0.717, 1.165) is 21.1 Å². The second kappa shape index (κ2) is 8.05. The topological polar surface area (TPSA) is 46.6 Å². The molecular formula is C19H15BrFNO3S. The number of carbonyl (C=O) groups excluding carboxylic acids is 2. The lowest BCUT2D eigenvalue weighted by molar-refractivity contribution is -0.123. The largest absolute Gasteiger partial charge is 0.493 e. The number of amides is 2. The predicted octanol–water partition coefficient (Wildman–Crippen LogP) is 5.22. The van der Waals surface area contributed by atoms with Crippen LogP contribution in [0.4, 0.5) is 9.18 Å². The molecule has 26 heavy (non-hydrogen) atoms. The van der Waals surface area contributed by atoms with Crippen LogP contribution < -0.4 is 4.74 Å². The number of ether oxygens (including phenoxy) is 1. The van der Waals surface area contributed by atoms with Crippen molar-refractivity contribution in [2.24, 2.45) is 0 Å². The van der Waals surface area contributed by atoms with Gasteiger partial charge in [-0.15, -0.1) is 0 Å². The maximum Gasteiger partial charge on any atom is 0.293 e. The van der Waals surface area contributed by atoms with Crippen LogP contribution in [0, 0.1) is 5.82 Å². The Hall–Kier alpha value is -2.12. The summed E-state index contributed by atoms with van der Waals surface area (Å²) in [5.41, 5.74) is 1.40. The van der Waals surface area contributed by atoms with Crippen LogP contribution in [0.25, 0.3) is 6.08 Å². The molecule has 3 rings (SSSR count). The fourth-order valence-electron chi connectivity index (χ4n) is 2.47. The van der Waals surface area contributed by atoms with Gasteiger partial charge in [-0.05, 0) is 60.7 Å². The molecule has 0 spiro atoms. The lowest BCUT2D eigenvalue weighted by Crippen LogP contribution is -2.27. The van der Waals surface area contributed by atoms with Gasteiger partial charge in [-0.1, -0.05) is 28.1 Å². The van der Waals surface area contributed by atoms with E-state index in [1.54, 1.807) is 18.2 Å². The van der Waals surface area contributed by atoms with Gasteiger partial charge in [-0.2, -0.15) is 0 Å². The van der Waals surface area contributed by atoms with Crippen molar-refractivity contribution < 1.29 is 18.7 Å². The summed E-state index contributed by atoms with van der Waals surface area (Å²) in [7, 11) is 0. The van der Waals surface area contributed by atoms with Gasteiger partial charge in [0.15, 0.2) is 0 Å². The zero-order chi connectivity index (χ0) is 18.7. The monoisotopic (exact) mass is 435 g/mol. The van der Waals surface area contributed by atoms with Crippen molar-refractivity contribution in [3.63, 3.8) is 0 Å². The van der Waals surface area contributed by atoms with Crippen molar-refractivity contribution in [2.45, 2.75) is 13.5 Å². The molecule has 134 valence electrons. The van der Waals surface area contributed by atoms with Gasteiger partial charge in [0.25, 0.3) is 11.1 Å². The first-order valence-electron chi connectivity index (χ1n) is 7.90. The third-order valence-corrected chi connectivity index (χ3v) is 5.09. The Morgan fingerprint density at radius 2 is 1.92 bits per heavy atom. The Morgan fingerprint density at radius 3 is 2.62 bits per heavy atom. The van der Waals surface area contributed by atoms with Gasteiger partial charge in [0.1, 0.15) is 11.6 Å². The van der Waals surface area contributed by atoms with Crippen LogP contribution in [-0.4, -0.2) is 22.7 Å². The molecular weight excluding hydrogens is 421 g/mol. The summed E-state index contributed by atoms with van der Waals surface area (Å²) in [5, 5.41) is -0.349. The summed E-state index contributed by atoms with van der Waals surface area (Å²) in [6.45, 7) is 2.48. The van der Waals surface area contributed by atoms with Gasteiger partial charge in [-0.3, -0.25) is 14.5 Å². The molecule has 0 saturated carbocycles. The number of carbonyl (C=O) groups is 2. The fourth-order valence-corrected chi connectivity index (χ4v) is 3.68. The molecule has 2 aromatic rings. The van der Waals surface area contributed by atoms with Gasteiger partial charge >= 0.3 is 0 Å². The molecule has 0 N–H and O–H groups in total. The minimum Gasteiger partial charge on any atom is -0.493 e. The molecule has 1 aliphatic rings. The third kappa shape index (κ3) is 4.16. The Labute approximate surface area is 163 Å². The van der Waals surface area contributed by atoms with Gasteiger partial charge < -0.3 is 4.74 Å². The van der Waals surface area contributed by atoms with Crippen molar-refractivity contribution in [1.82, 2.24) is 4.90 Å². The number of hydrogen-bond donors (Lipinski definition) is 0. The number of halogens is 2. The summed E-state index contributed by atoms with van der Waals surface area (Å²) in [5.74, 6) is -0.0892. The number of hydrogen-bond acceptors (Lipinski definition) is 4. The van der Waals surface area contributed by atoms with Crippen LogP contribution >= 0.6 is 27.7 Å². The van der Waals surface area contributed by atoms with E-state index >= 15 is 0 Å². The first kappa shape index (κ1) is 18.7. The molecule has 1 aliphatic heterocycles. The van der Waals surface area contributed by atoms with E-state index in [2.05, 4.69) is 15.9 Å². The predicted molar refractivity (Wildman–Crippen MR) is 103 cm³/mol. The van der Waals surface area contributed by atoms with Crippen molar-refractivity contribution in [3.05, 3.63) is 68.8 Å². The molecule has 0 unspecified atom stereocenters. The van der Waals surface area contributed by atoms with E-state index in [0.29, 0.717) is 28.4 Å². The van der Waals surface area contributed by atoms with Gasteiger partial charge in [-0.25, -0.2) is 4.39 Å². The molecule has 0 radical (unpaired) electrons. The Kier molecular flexibility index (Phi) is 5.78. The second-order valence-corrected chi connectivity index (χ2v) is 7.42. The molecule has 2 amide bonds. The highest BCUT2D eigenvalue weighted by molar-refractivity contribution is 9.10. The summed E-state index contributed by atoms with van der Waals surface area (Å²) in [4.78, 5) is 26.4. The quantitative estimate of drug-likeness (QED) is 0.603. The first-order valence-corrected chi connectivity index (χ1v) is 9.51. The molecule has 0 aliphatic carbocycles. The standard InChI is InChI=1S/C19H15BrFNO3S/c1-2-25-16-8-5-14(20)9-13(16)10-17-18(23)22(19(24)26-17)11-12-3-6-15(21)7-4-12/h3-10H,2,11H2,1H3/b17-10-. The zero-order valence-corrected chi connectivity index (χ0v) is 16.3. The van der Waals surface area contributed by atoms with E-state index < -0.39 is 0 Å². The van der Waals surface area contributed by atoms with Crippen molar-refractivity contribution in [1.29, 1.82) is 0 Å². The van der Waals surface area contributed by atoms with Crippen molar-refractivity contribution in [2.75, 3.05) is 6.61 Å². The van der Waals surface area contributed by atoms with Gasteiger partial charge in [0.05, 0.1) is 18.1 Å². The molecule has 1 fully saturated rings. The Balaban J connectivity index is 1.85. The number of rotatable bonds is 5. The Morgan fingerprint density at radius 1 is 1.19 bits per heavy atom. The molecule has 4 nitrogen and oxygen atoms in total. The second-order valence-electron chi connectivity index (χ2n) is 5.51. The molecule has 0 aromatic heterocycles. The average molecular weight is 436 g/mol. The van der Waals surface area contributed by atoms with Crippen LogP contribution in [0.15, 0.2) is 51.8 Å². The van der Waals surface area contributed by atoms with Crippen molar-refractivity contribution >= 4 is 44.9 Å². The maximum atomic E-state index is 13.0. The zero-order valence-electron chi connectivity index (χ0n) is 13.9. The first-order chi connectivity index (χ1) is 12.5. The minimum absolute atomic E-state index is 0.110. The smallest absolute Gasteiger partial charge is 0.293 e. The summed E-state index contributed by atoms with van der Waals surface area (Å²) in [6.07, 6.45) is 1.66. The van der Waals surface area contributed by atoms with Crippen LogP contribution in [0.1, 0.15) is 18.1 Å². The molecule has 0 bridgehead atoms. The van der Waals surface area contributed by atoms with Crippen LogP contribution in [0.5, 0.6) is 5.75 Å². The highest BCUT2D eigenvalue weighted by Gasteiger charge is 2.35. The molecule has 0 atom stereocenters. The maximum absolute atomic E-state index is 13.0. The fraction of sp³-hybridized carbons (Fsp3) is 0.158. The van der Waals surface area contributed by atoms with E-state index in [9.17, 15) is 14.0 Å². The van der Waals surface area contributed by atoms with Crippen LogP contribution in [0.3, 0.4) is 0 Å². The molecule has 7 heteroatoms. The molecule has 2 aromatic carbocycles. The van der Waals surface area contributed by atoms with Gasteiger partial charge in [0.2, 0.25) is 0 Å². The summed E-state index contributed by atoms with van der Waals surface area (Å²) < 4.78 is 19.4.